The summed E-state index contributed by atoms with van der Waals surface area (Å²) in [4.78, 5) is 0. The van der Waals surface area contributed by atoms with Gasteiger partial charge in [0.2, 0.25) is 0 Å². The molecule has 2 rings (SSSR count). The Kier molecular flexibility index (Phi) is 3.03. The molecular formula is C11H15ClN4. The molecule has 1 N–H and O–H groups in total. The molecule has 0 amide bonds. The van der Waals surface area contributed by atoms with E-state index in [9.17, 15) is 0 Å². The number of hydrogen-bond donors (Lipinski definition) is 1. The summed E-state index contributed by atoms with van der Waals surface area (Å²) in [5, 5.41) is 7.90. The third-order valence-corrected chi connectivity index (χ3v) is 2.96. The molecule has 0 aliphatic carbocycles. The number of hydrogen-bond acceptors (Lipinski definition) is 4. The smallest absolute Gasteiger partial charge is 0.161 e. The van der Waals surface area contributed by atoms with Gasteiger partial charge < -0.3 is 0 Å². The number of nitrogens with zero attached hydrogens (tertiary/aromatic N) is 3. The number of halogens is 1. The van der Waals surface area contributed by atoms with Crippen LogP contribution >= 0.6 is 11.6 Å². The number of amidine groups is 1. The molecule has 0 saturated heterocycles. The van der Waals surface area contributed by atoms with E-state index in [-0.39, 0.29) is 0 Å². The zero-order chi connectivity index (χ0) is 11.7. The van der Waals surface area contributed by atoms with Gasteiger partial charge >= 0.3 is 0 Å². The predicted octanol–water partition coefficient (Wildman–Crippen LogP) is 2.03. The molecule has 0 bridgehead atoms. The summed E-state index contributed by atoms with van der Waals surface area (Å²) < 4.78 is 0. The van der Waals surface area contributed by atoms with Crippen molar-refractivity contribution in [2.75, 3.05) is 17.9 Å². The molecule has 0 atom stereocenters. The third-order valence-electron chi connectivity index (χ3n) is 2.72. The van der Waals surface area contributed by atoms with Gasteiger partial charge in [-0.2, -0.15) is 0 Å². The number of hydrazone groups is 1. The highest BCUT2D eigenvalue weighted by Crippen LogP contribution is 2.21. The van der Waals surface area contributed by atoms with Gasteiger partial charge in [0.05, 0.1) is 11.6 Å². The normalized spacial score (nSPS) is 16.2. The Labute approximate surface area is 100 Å². The number of hydrazine groups is 2. The Morgan fingerprint density at radius 3 is 2.69 bits per heavy atom. The second-order valence-corrected chi connectivity index (χ2v) is 4.13. The Hall–Kier alpha value is -1.26. The van der Waals surface area contributed by atoms with Crippen molar-refractivity contribution >= 4 is 23.1 Å². The van der Waals surface area contributed by atoms with Crippen LogP contribution in [0.3, 0.4) is 0 Å². The minimum absolute atomic E-state index is 0.379. The molecule has 4 nitrogen and oxygen atoms in total. The first-order valence-corrected chi connectivity index (χ1v) is 5.66. The van der Waals surface area contributed by atoms with Gasteiger partial charge in [-0.3, -0.25) is 0 Å². The SMILES string of the molecule is Cc1ccc(N2C(CCl)=NNN2C)cc1C. The second-order valence-electron chi connectivity index (χ2n) is 3.87. The lowest BCUT2D eigenvalue weighted by Crippen LogP contribution is -2.43. The van der Waals surface area contributed by atoms with E-state index >= 15 is 0 Å². The fourth-order valence-electron chi connectivity index (χ4n) is 1.66. The first-order chi connectivity index (χ1) is 7.63. The maximum absolute atomic E-state index is 5.85. The summed E-state index contributed by atoms with van der Waals surface area (Å²) in [5.74, 6) is 1.18. The maximum atomic E-state index is 5.85. The first-order valence-electron chi connectivity index (χ1n) is 5.12. The van der Waals surface area contributed by atoms with Crippen LogP contribution in [-0.4, -0.2) is 23.9 Å². The predicted molar refractivity (Wildman–Crippen MR) is 67.4 cm³/mol. The van der Waals surface area contributed by atoms with Crippen LogP contribution in [0.1, 0.15) is 11.1 Å². The first kappa shape index (κ1) is 11.2. The van der Waals surface area contributed by atoms with E-state index < -0.39 is 0 Å². The number of benzene rings is 1. The molecule has 1 aliphatic rings. The topological polar surface area (TPSA) is 30.9 Å². The minimum atomic E-state index is 0.379. The van der Waals surface area contributed by atoms with Gasteiger partial charge in [0.1, 0.15) is 0 Å². The van der Waals surface area contributed by atoms with Crippen LogP contribution in [0.4, 0.5) is 5.69 Å². The van der Waals surface area contributed by atoms with Gasteiger partial charge in [-0.05, 0) is 37.1 Å². The second kappa shape index (κ2) is 4.31. The van der Waals surface area contributed by atoms with Crippen molar-refractivity contribution in [1.29, 1.82) is 0 Å². The van der Waals surface area contributed by atoms with Crippen LogP contribution in [0.2, 0.25) is 0 Å². The highest BCUT2D eigenvalue weighted by atomic mass is 35.5. The molecule has 16 heavy (non-hydrogen) atoms. The Balaban J connectivity index is 2.36. The molecule has 0 fully saturated rings. The van der Waals surface area contributed by atoms with Gasteiger partial charge in [0, 0.05) is 7.05 Å². The molecule has 0 radical (unpaired) electrons. The molecule has 0 aromatic heterocycles. The van der Waals surface area contributed by atoms with Crippen LogP contribution in [0.5, 0.6) is 0 Å². The number of nitrogens with one attached hydrogen (secondary N) is 1. The quantitative estimate of drug-likeness (QED) is 0.800. The van der Waals surface area contributed by atoms with Crippen LogP contribution in [-0.2, 0) is 0 Å². The average Bonchev–Trinajstić information content (AvgIpc) is 2.64. The molecular weight excluding hydrogens is 224 g/mol. The van der Waals surface area contributed by atoms with E-state index in [4.69, 9.17) is 11.6 Å². The molecule has 86 valence electrons. The minimum Gasteiger partial charge on any atom is -0.239 e. The van der Waals surface area contributed by atoms with Crippen LogP contribution < -0.4 is 10.5 Å². The van der Waals surface area contributed by atoms with Crippen LogP contribution in [0.15, 0.2) is 23.3 Å². The van der Waals surface area contributed by atoms with E-state index in [1.54, 1.807) is 0 Å². The van der Waals surface area contributed by atoms with E-state index in [1.165, 1.54) is 11.1 Å². The van der Waals surface area contributed by atoms with Crippen LogP contribution in [0.25, 0.3) is 0 Å². The number of rotatable bonds is 2. The Morgan fingerprint density at radius 2 is 2.06 bits per heavy atom. The average molecular weight is 239 g/mol. The zero-order valence-corrected chi connectivity index (χ0v) is 10.4. The molecule has 0 saturated carbocycles. The summed E-state index contributed by atoms with van der Waals surface area (Å²) in [7, 11) is 1.90. The number of alkyl halides is 1. The molecule has 0 spiro atoms. The van der Waals surface area contributed by atoms with E-state index in [1.807, 2.05) is 17.2 Å². The van der Waals surface area contributed by atoms with E-state index in [0.29, 0.717) is 5.88 Å². The Morgan fingerprint density at radius 1 is 1.31 bits per heavy atom. The van der Waals surface area contributed by atoms with Crippen molar-refractivity contribution in [3.05, 3.63) is 29.3 Å². The fraction of sp³-hybridized carbons (Fsp3) is 0.364. The van der Waals surface area contributed by atoms with Crippen LogP contribution in [0, 0.1) is 13.8 Å². The summed E-state index contributed by atoms with van der Waals surface area (Å²) in [6.07, 6.45) is 0. The lowest BCUT2D eigenvalue weighted by atomic mass is 10.1. The number of aryl methyl sites for hydroxylation is 2. The summed E-state index contributed by atoms with van der Waals surface area (Å²) in [6, 6.07) is 6.29. The summed E-state index contributed by atoms with van der Waals surface area (Å²) in [6.45, 7) is 4.20. The lowest BCUT2D eigenvalue weighted by molar-refractivity contribution is 0.278. The van der Waals surface area contributed by atoms with Gasteiger partial charge in [0.25, 0.3) is 0 Å². The molecule has 0 unspecified atom stereocenters. The maximum Gasteiger partial charge on any atom is 0.161 e. The van der Waals surface area contributed by atoms with Crippen molar-refractivity contribution < 1.29 is 0 Å². The van der Waals surface area contributed by atoms with Gasteiger partial charge in [-0.25, -0.2) is 10.5 Å². The van der Waals surface area contributed by atoms with Gasteiger partial charge in [-0.15, -0.1) is 21.8 Å². The zero-order valence-electron chi connectivity index (χ0n) is 9.66. The molecule has 1 heterocycles. The largest absolute Gasteiger partial charge is 0.239 e. The fourth-order valence-corrected chi connectivity index (χ4v) is 1.83. The monoisotopic (exact) mass is 238 g/mol. The van der Waals surface area contributed by atoms with Crippen molar-refractivity contribution in [3.8, 4) is 0 Å². The van der Waals surface area contributed by atoms with Gasteiger partial charge in [-0.1, -0.05) is 6.07 Å². The molecule has 1 aliphatic heterocycles. The van der Waals surface area contributed by atoms with Crippen molar-refractivity contribution in [2.24, 2.45) is 5.10 Å². The van der Waals surface area contributed by atoms with E-state index in [0.717, 1.165) is 11.5 Å². The summed E-state index contributed by atoms with van der Waals surface area (Å²) >= 11 is 5.85. The summed E-state index contributed by atoms with van der Waals surface area (Å²) in [5.41, 5.74) is 6.47. The molecule has 1 aromatic rings. The van der Waals surface area contributed by atoms with Crippen molar-refractivity contribution in [2.45, 2.75) is 13.8 Å². The van der Waals surface area contributed by atoms with Crippen molar-refractivity contribution in [1.82, 2.24) is 10.7 Å². The third kappa shape index (κ3) is 1.86. The van der Waals surface area contributed by atoms with Crippen molar-refractivity contribution in [3.63, 3.8) is 0 Å². The molecule has 5 heteroatoms. The lowest BCUT2D eigenvalue weighted by Gasteiger charge is -2.25. The Bertz CT molecular complexity index is 430. The standard InChI is InChI=1S/C11H15ClN4/c1-8-4-5-10(6-9(8)2)16-11(7-12)13-14-15(16)3/h4-6,14H,7H2,1-3H3. The number of anilines is 1. The highest BCUT2D eigenvalue weighted by molar-refractivity contribution is 6.30. The molecule has 1 aromatic carbocycles. The van der Waals surface area contributed by atoms with Gasteiger partial charge in [0.15, 0.2) is 5.84 Å². The highest BCUT2D eigenvalue weighted by Gasteiger charge is 2.23. The van der Waals surface area contributed by atoms with E-state index in [2.05, 4.69) is 42.7 Å².